The first-order valence-electron chi connectivity index (χ1n) is 13.9. The Hall–Kier alpha value is -3.21. The van der Waals surface area contributed by atoms with Gasteiger partial charge in [0.2, 0.25) is 0 Å². The van der Waals surface area contributed by atoms with E-state index >= 15 is 4.39 Å². The van der Waals surface area contributed by atoms with Gasteiger partial charge in [0.25, 0.3) is 0 Å². The van der Waals surface area contributed by atoms with E-state index in [-0.39, 0.29) is 22.3 Å². The van der Waals surface area contributed by atoms with E-state index in [4.69, 9.17) is 21.4 Å². The number of aromatic nitrogens is 3. The first-order valence-corrected chi connectivity index (χ1v) is 17.2. The zero-order valence-electron chi connectivity index (χ0n) is 26.9. The monoisotopic (exact) mass is 658 g/mol. The fraction of sp³-hybridized carbons (Fsp3) is 0.607. The van der Waals surface area contributed by atoms with Crippen LogP contribution in [0.4, 0.5) is 13.6 Å². The number of benzene rings is 1. The maximum absolute atomic E-state index is 15.3. The molecule has 0 spiro atoms. The summed E-state index contributed by atoms with van der Waals surface area (Å²) in [6.45, 7) is 16.9. The molecule has 1 amide bonds. The van der Waals surface area contributed by atoms with Crippen LogP contribution < -0.4 is 10.7 Å². The number of halogens is 2. The van der Waals surface area contributed by atoms with Crippen molar-refractivity contribution in [2.75, 3.05) is 6.61 Å². The molecule has 12 nitrogen and oxygen atoms in total. The van der Waals surface area contributed by atoms with Gasteiger partial charge >= 0.3 is 12.1 Å². The van der Waals surface area contributed by atoms with E-state index in [0.717, 1.165) is 17.1 Å². The van der Waals surface area contributed by atoms with Crippen LogP contribution in [0.1, 0.15) is 61.0 Å². The Balaban J connectivity index is 2.61. The van der Waals surface area contributed by atoms with Crippen LogP contribution in [-0.2, 0) is 26.1 Å². The predicted molar refractivity (Wildman–Crippen MR) is 166 cm³/mol. The molecule has 4 N–H and O–H groups in total. The van der Waals surface area contributed by atoms with Gasteiger partial charge in [-0.1, -0.05) is 26.8 Å². The van der Waals surface area contributed by atoms with Crippen molar-refractivity contribution in [2.24, 2.45) is 0 Å². The topological polar surface area (TPSA) is 151 Å². The molecule has 1 aromatic heterocycles. The van der Waals surface area contributed by atoms with E-state index in [1.165, 1.54) is 31.2 Å². The number of ether oxygens (including phenoxy) is 1. The summed E-state index contributed by atoms with van der Waals surface area (Å²) in [6, 6.07) is 1.29. The van der Waals surface area contributed by atoms with Gasteiger partial charge in [-0.05, 0) is 71.0 Å². The number of hydrogen-bond acceptors (Lipinski definition) is 8. The lowest BCUT2D eigenvalue weighted by atomic mass is 9.86. The number of aliphatic carboxylic acids is 1. The number of hydrazine groups is 1. The van der Waals surface area contributed by atoms with Crippen LogP contribution in [0.5, 0.6) is 0 Å². The Kier molecular flexibility index (Phi) is 11.3. The number of carboxylic acids is 1. The van der Waals surface area contributed by atoms with Crippen LogP contribution >= 0.6 is 12.2 Å². The molecule has 0 saturated carbocycles. The molecule has 16 heteroatoms. The third kappa shape index (κ3) is 9.15. The number of amides is 1. The highest BCUT2D eigenvalue weighted by molar-refractivity contribution is 7.80. The highest BCUT2D eigenvalue weighted by Gasteiger charge is 2.47. The standard InChI is InChI=1S/C28H44F2N6O6SSi/c1-18(28(40,14-35-17-31-16-32-35)20-12-11-19(29)13-21(20)30)36(34-24(39)42-25(2,3)4)23(43)33-27(8,22(37)38)15-41-44(9,10)26(5,6)7/h11-13,16-18,40H,14-15H2,1-10H3,(H,33,43)(H,34,39)(H,37,38). The first kappa shape index (κ1) is 37.0. The molecule has 2 rings (SSSR count). The number of nitrogens with one attached hydrogen (secondary N) is 2. The average Bonchev–Trinajstić information content (AvgIpc) is 3.36. The average molecular weight is 659 g/mol. The fourth-order valence-corrected chi connectivity index (χ4v) is 5.28. The smallest absolute Gasteiger partial charge is 0.426 e. The summed E-state index contributed by atoms with van der Waals surface area (Å²) in [5.41, 5.74) is -2.89. The zero-order chi connectivity index (χ0) is 33.9. The number of thiocarbonyl (C=S) groups is 1. The minimum Gasteiger partial charge on any atom is -0.479 e. The van der Waals surface area contributed by atoms with E-state index < -0.39 is 61.3 Å². The Labute approximate surface area is 263 Å². The van der Waals surface area contributed by atoms with Gasteiger partial charge in [-0.2, -0.15) is 5.10 Å². The Morgan fingerprint density at radius 1 is 1.16 bits per heavy atom. The lowest BCUT2D eigenvalue weighted by Gasteiger charge is -2.44. The second-order valence-corrected chi connectivity index (χ2v) is 18.6. The quantitative estimate of drug-likeness (QED) is 0.164. The number of rotatable bonds is 10. The molecule has 1 aromatic carbocycles. The molecule has 0 aliphatic rings. The molecule has 1 heterocycles. The number of carbonyl (C=O) groups excluding carboxylic acids is 1. The molecule has 0 radical (unpaired) electrons. The van der Waals surface area contributed by atoms with E-state index in [1.807, 2.05) is 33.9 Å². The maximum Gasteiger partial charge on any atom is 0.426 e. The lowest BCUT2D eigenvalue weighted by Crippen LogP contribution is -2.67. The van der Waals surface area contributed by atoms with Crippen LogP contribution in [0.3, 0.4) is 0 Å². The summed E-state index contributed by atoms with van der Waals surface area (Å²) in [5, 5.41) is 29.5. The summed E-state index contributed by atoms with van der Waals surface area (Å²) >= 11 is 5.62. The molecule has 44 heavy (non-hydrogen) atoms. The van der Waals surface area contributed by atoms with Gasteiger partial charge in [-0.25, -0.2) is 33.5 Å². The normalized spacial score (nSPS) is 15.8. The number of aliphatic hydroxyl groups is 1. The summed E-state index contributed by atoms with van der Waals surface area (Å²) in [5.74, 6) is -3.25. The van der Waals surface area contributed by atoms with Gasteiger partial charge in [0.15, 0.2) is 19.0 Å². The van der Waals surface area contributed by atoms with Gasteiger partial charge in [0.1, 0.15) is 35.5 Å². The van der Waals surface area contributed by atoms with Crippen LogP contribution in [0, 0.1) is 11.6 Å². The molecular formula is C28H44F2N6O6SSi. The molecule has 0 aliphatic carbocycles. The molecule has 0 fully saturated rings. The van der Waals surface area contributed by atoms with Gasteiger partial charge in [0.05, 0.1) is 19.2 Å². The number of hydrogen-bond donors (Lipinski definition) is 4. The van der Waals surface area contributed by atoms with Crippen molar-refractivity contribution in [3.63, 3.8) is 0 Å². The summed E-state index contributed by atoms with van der Waals surface area (Å²) in [6.07, 6.45) is 1.49. The SMILES string of the molecule is CC(N(NC(=O)OC(C)(C)C)C(=S)NC(C)(CO[Si](C)(C)C(C)(C)C)C(=O)O)C(O)(Cn1cncn1)c1ccc(F)cc1F. The molecule has 0 aliphatic heterocycles. The van der Waals surface area contributed by atoms with Gasteiger partial charge < -0.3 is 24.7 Å². The fourth-order valence-electron chi connectivity index (χ4n) is 3.77. The minimum absolute atomic E-state index is 0.219. The third-order valence-electron chi connectivity index (χ3n) is 7.56. The third-order valence-corrected chi connectivity index (χ3v) is 12.3. The van der Waals surface area contributed by atoms with Crippen molar-refractivity contribution in [3.8, 4) is 0 Å². The van der Waals surface area contributed by atoms with E-state index in [0.29, 0.717) is 6.07 Å². The number of nitrogens with zero attached hydrogens (tertiary/aromatic N) is 4. The van der Waals surface area contributed by atoms with E-state index in [1.54, 1.807) is 20.8 Å². The van der Waals surface area contributed by atoms with Crippen LogP contribution in [0.15, 0.2) is 30.9 Å². The maximum atomic E-state index is 15.3. The van der Waals surface area contributed by atoms with Crippen molar-refractivity contribution in [1.29, 1.82) is 0 Å². The molecule has 3 unspecified atom stereocenters. The molecule has 0 bridgehead atoms. The van der Waals surface area contributed by atoms with Crippen LogP contribution in [0.2, 0.25) is 18.1 Å². The second kappa shape index (κ2) is 13.4. The highest BCUT2D eigenvalue weighted by Crippen LogP contribution is 2.37. The van der Waals surface area contributed by atoms with Crippen molar-refractivity contribution >= 4 is 37.7 Å². The minimum atomic E-state index is -2.41. The molecule has 246 valence electrons. The largest absolute Gasteiger partial charge is 0.479 e. The Bertz CT molecular complexity index is 1340. The Morgan fingerprint density at radius 2 is 1.77 bits per heavy atom. The molecular weight excluding hydrogens is 614 g/mol. The lowest BCUT2D eigenvalue weighted by molar-refractivity contribution is -0.145. The van der Waals surface area contributed by atoms with Crippen molar-refractivity contribution in [1.82, 2.24) is 30.5 Å². The number of carboxylic acid groups (broad SMARTS) is 1. The number of carbonyl (C=O) groups is 2. The zero-order valence-corrected chi connectivity index (χ0v) is 28.7. The van der Waals surface area contributed by atoms with Gasteiger partial charge in [-0.15, -0.1) is 0 Å². The van der Waals surface area contributed by atoms with Crippen molar-refractivity contribution in [3.05, 3.63) is 48.1 Å². The van der Waals surface area contributed by atoms with Crippen LogP contribution in [0.25, 0.3) is 0 Å². The van der Waals surface area contributed by atoms with E-state index in [9.17, 15) is 24.2 Å². The summed E-state index contributed by atoms with van der Waals surface area (Å²) in [4.78, 5) is 29.4. The molecule has 2 aromatic rings. The molecule has 3 atom stereocenters. The Morgan fingerprint density at radius 3 is 2.25 bits per heavy atom. The molecule has 0 saturated heterocycles. The van der Waals surface area contributed by atoms with Gasteiger partial charge in [-0.3, -0.25) is 5.01 Å². The predicted octanol–water partition coefficient (Wildman–Crippen LogP) is 4.31. The van der Waals surface area contributed by atoms with Crippen LogP contribution in [-0.4, -0.2) is 79.3 Å². The summed E-state index contributed by atoms with van der Waals surface area (Å²) < 4.78 is 42.0. The second-order valence-electron chi connectivity index (χ2n) is 13.4. The first-order chi connectivity index (χ1) is 19.9. The van der Waals surface area contributed by atoms with Gasteiger partial charge in [0, 0.05) is 11.6 Å². The van der Waals surface area contributed by atoms with Crippen molar-refractivity contribution in [2.45, 2.75) is 103 Å². The van der Waals surface area contributed by atoms with E-state index in [2.05, 4.69) is 20.8 Å². The highest BCUT2D eigenvalue weighted by atomic mass is 32.1. The van der Waals surface area contributed by atoms with Crippen molar-refractivity contribution < 1.29 is 37.7 Å². The summed E-state index contributed by atoms with van der Waals surface area (Å²) in [7, 11) is -2.41.